The summed E-state index contributed by atoms with van der Waals surface area (Å²) in [6.45, 7) is 3.59. The van der Waals surface area contributed by atoms with Crippen molar-refractivity contribution in [2.45, 2.75) is 63.5 Å². The Morgan fingerprint density at radius 3 is 2.38 bits per heavy atom. The van der Waals surface area contributed by atoms with Crippen LogP contribution < -0.4 is 11.1 Å². The number of hydrogen-bond donors (Lipinski definition) is 2. The van der Waals surface area contributed by atoms with Crippen LogP contribution in [0.25, 0.3) is 0 Å². The molecule has 2 unspecified atom stereocenters. The number of fused-ring (bicyclic) bond motifs is 2. The molecule has 0 spiro atoms. The molecule has 3 N–H and O–H groups in total. The minimum absolute atomic E-state index is 0. The first kappa shape index (κ1) is 19.2. The average Bonchev–Trinajstić information content (AvgIpc) is 2.48. The summed E-state index contributed by atoms with van der Waals surface area (Å²) in [7, 11) is 0. The van der Waals surface area contributed by atoms with Gasteiger partial charge < -0.3 is 11.1 Å². The topological polar surface area (TPSA) is 55.1 Å². The number of nitrogens with two attached hydrogens (primary N) is 1. The zero-order valence-corrected chi connectivity index (χ0v) is 15.2. The number of hydrogen-bond acceptors (Lipinski definition) is 2. The predicted octanol–water partition coefficient (Wildman–Crippen LogP) is 3.55. The molecule has 0 aliphatic heterocycles. The van der Waals surface area contributed by atoms with Gasteiger partial charge in [-0.1, -0.05) is 24.6 Å². The molecule has 134 valence electrons. The molecule has 1 aromatic rings. The molecule has 24 heavy (non-hydrogen) atoms. The van der Waals surface area contributed by atoms with Gasteiger partial charge in [-0.15, -0.1) is 12.4 Å². The lowest BCUT2D eigenvalue weighted by Gasteiger charge is -2.46. The molecular formula is C19H28ClFN2O. The van der Waals surface area contributed by atoms with Crippen LogP contribution in [0.1, 0.15) is 51.5 Å². The first-order valence-electron chi connectivity index (χ1n) is 8.71. The van der Waals surface area contributed by atoms with E-state index in [2.05, 4.69) is 5.32 Å². The van der Waals surface area contributed by atoms with E-state index in [1.165, 1.54) is 12.5 Å². The number of carbonyl (C=O) groups excluding carboxylic acids is 1. The van der Waals surface area contributed by atoms with Gasteiger partial charge in [0, 0.05) is 17.6 Å². The lowest BCUT2D eigenvalue weighted by molar-refractivity contribution is -0.128. The highest BCUT2D eigenvalue weighted by molar-refractivity contribution is 5.87. The van der Waals surface area contributed by atoms with Gasteiger partial charge in [0.1, 0.15) is 5.82 Å². The van der Waals surface area contributed by atoms with Crippen LogP contribution >= 0.6 is 12.4 Å². The zero-order valence-electron chi connectivity index (χ0n) is 14.4. The fourth-order valence-electron chi connectivity index (χ4n) is 4.45. The molecule has 3 rings (SSSR count). The monoisotopic (exact) mass is 354 g/mol. The Kier molecular flexibility index (Phi) is 5.92. The van der Waals surface area contributed by atoms with E-state index in [4.69, 9.17) is 5.73 Å². The number of rotatable bonds is 3. The number of benzene rings is 1. The lowest BCUT2D eigenvalue weighted by atomic mass is 9.66. The standard InChI is InChI=1S/C19H27FN2O.ClH/c1-19(2,15-8-3-4-9-16(15)20)18(23)22-17-12-6-5-7-13(17)11-14(21)10-12;/h3-4,8-9,12-14,17H,5-7,10-11,21H2,1-2H3,(H,22,23);1H. The molecule has 5 heteroatoms. The fourth-order valence-corrected chi connectivity index (χ4v) is 4.45. The molecule has 2 bridgehead atoms. The summed E-state index contributed by atoms with van der Waals surface area (Å²) < 4.78 is 14.1. The van der Waals surface area contributed by atoms with Crippen LogP contribution in [0, 0.1) is 17.7 Å². The van der Waals surface area contributed by atoms with E-state index in [0.717, 1.165) is 25.7 Å². The largest absolute Gasteiger partial charge is 0.352 e. The molecule has 0 radical (unpaired) electrons. The molecule has 1 aromatic carbocycles. The van der Waals surface area contributed by atoms with Crippen molar-refractivity contribution in [3.63, 3.8) is 0 Å². The molecule has 3 nitrogen and oxygen atoms in total. The van der Waals surface area contributed by atoms with Crippen molar-refractivity contribution in [1.82, 2.24) is 5.32 Å². The van der Waals surface area contributed by atoms with Gasteiger partial charge in [-0.3, -0.25) is 4.79 Å². The van der Waals surface area contributed by atoms with E-state index in [9.17, 15) is 9.18 Å². The van der Waals surface area contributed by atoms with Crippen molar-refractivity contribution >= 4 is 18.3 Å². The van der Waals surface area contributed by atoms with Crippen LogP contribution in [0.2, 0.25) is 0 Å². The molecule has 2 aliphatic rings. The molecule has 2 atom stereocenters. The molecule has 0 aromatic heterocycles. The van der Waals surface area contributed by atoms with Gasteiger partial charge in [-0.2, -0.15) is 0 Å². The summed E-state index contributed by atoms with van der Waals surface area (Å²) in [6.07, 6.45) is 5.47. The summed E-state index contributed by atoms with van der Waals surface area (Å²) in [4.78, 5) is 12.9. The van der Waals surface area contributed by atoms with E-state index in [0.29, 0.717) is 17.4 Å². The maximum atomic E-state index is 14.1. The van der Waals surface area contributed by atoms with Crippen LogP contribution in [-0.2, 0) is 10.2 Å². The SMILES string of the molecule is CC(C)(C(=O)NC1C2CCCC1CC(N)C2)c1ccccc1F.Cl. The third-order valence-electron chi connectivity index (χ3n) is 5.79. The molecule has 0 saturated heterocycles. The average molecular weight is 355 g/mol. The van der Waals surface area contributed by atoms with Gasteiger partial charge in [0.05, 0.1) is 5.41 Å². The first-order valence-corrected chi connectivity index (χ1v) is 8.71. The number of amides is 1. The Bertz CT molecular complexity index is 578. The van der Waals surface area contributed by atoms with Gasteiger partial charge >= 0.3 is 0 Å². The second-order valence-corrected chi connectivity index (χ2v) is 7.79. The van der Waals surface area contributed by atoms with Crippen LogP contribution in [0.5, 0.6) is 0 Å². The molecule has 2 fully saturated rings. The smallest absolute Gasteiger partial charge is 0.230 e. The Morgan fingerprint density at radius 2 is 1.79 bits per heavy atom. The highest BCUT2D eigenvalue weighted by Crippen LogP contribution is 2.40. The van der Waals surface area contributed by atoms with E-state index in [-0.39, 0.29) is 36.2 Å². The van der Waals surface area contributed by atoms with Crippen molar-refractivity contribution < 1.29 is 9.18 Å². The van der Waals surface area contributed by atoms with Crippen LogP contribution in [0.3, 0.4) is 0 Å². The molecule has 1 amide bonds. The normalized spacial score (nSPS) is 29.5. The van der Waals surface area contributed by atoms with E-state index in [1.54, 1.807) is 32.0 Å². The maximum Gasteiger partial charge on any atom is 0.230 e. The number of halogens is 2. The number of carbonyl (C=O) groups is 1. The van der Waals surface area contributed by atoms with Gasteiger partial charge in [0.2, 0.25) is 5.91 Å². The Morgan fingerprint density at radius 1 is 1.21 bits per heavy atom. The van der Waals surface area contributed by atoms with Gasteiger partial charge in [-0.05, 0) is 57.4 Å². The van der Waals surface area contributed by atoms with E-state index in [1.807, 2.05) is 0 Å². The van der Waals surface area contributed by atoms with E-state index < -0.39 is 5.41 Å². The fraction of sp³-hybridized carbons (Fsp3) is 0.632. The quantitative estimate of drug-likeness (QED) is 0.872. The Labute approximate surface area is 150 Å². The molecule has 2 aliphatic carbocycles. The summed E-state index contributed by atoms with van der Waals surface area (Å²) in [5, 5.41) is 3.25. The Hall–Kier alpha value is -1.13. The lowest BCUT2D eigenvalue weighted by Crippen LogP contribution is -2.56. The third kappa shape index (κ3) is 3.60. The summed E-state index contributed by atoms with van der Waals surface area (Å²) in [6, 6.07) is 7.01. The van der Waals surface area contributed by atoms with Crippen molar-refractivity contribution in [3.05, 3.63) is 35.6 Å². The van der Waals surface area contributed by atoms with E-state index >= 15 is 0 Å². The summed E-state index contributed by atoms with van der Waals surface area (Å²) in [5.41, 5.74) is 5.73. The summed E-state index contributed by atoms with van der Waals surface area (Å²) in [5.74, 6) is 0.536. The minimum atomic E-state index is -0.876. The first-order chi connectivity index (χ1) is 10.9. The van der Waals surface area contributed by atoms with Gasteiger partial charge in [-0.25, -0.2) is 4.39 Å². The second kappa shape index (κ2) is 7.40. The van der Waals surface area contributed by atoms with Gasteiger partial charge in [0.25, 0.3) is 0 Å². The molecule has 0 heterocycles. The predicted molar refractivity (Wildman–Crippen MR) is 96.6 cm³/mol. The second-order valence-electron chi connectivity index (χ2n) is 7.79. The molecular weight excluding hydrogens is 327 g/mol. The van der Waals surface area contributed by atoms with Crippen LogP contribution in [0.4, 0.5) is 4.39 Å². The van der Waals surface area contributed by atoms with Crippen molar-refractivity contribution in [2.75, 3.05) is 0 Å². The summed E-state index contributed by atoms with van der Waals surface area (Å²) >= 11 is 0. The minimum Gasteiger partial charge on any atom is -0.352 e. The highest BCUT2D eigenvalue weighted by atomic mass is 35.5. The Balaban J connectivity index is 0.00000208. The molecule has 2 saturated carbocycles. The van der Waals surface area contributed by atoms with Crippen LogP contribution in [-0.4, -0.2) is 18.0 Å². The van der Waals surface area contributed by atoms with Crippen LogP contribution in [0.15, 0.2) is 24.3 Å². The van der Waals surface area contributed by atoms with Crippen molar-refractivity contribution in [2.24, 2.45) is 17.6 Å². The van der Waals surface area contributed by atoms with Crippen molar-refractivity contribution in [1.29, 1.82) is 0 Å². The van der Waals surface area contributed by atoms with Gasteiger partial charge in [0.15, 0.2) is 0 Å². The third-order valence-corrected chi connectivity index (χ3v) is 5.79. The highest BCUT2D eigenvalue weighted by Gasteiger charge is 2.42. The maximum absolute atomic E-state index is 14.1. The zero-order chi connectivity index (χ0) is 16.6. The number of nitrogens with one attached hydrogen (secondary N) is 1. The van der Waals surface area contributed by atoms with Crippen molar-refractivity contribution in [3.8, 4) is 0 Å².